The molecule has 1 aromatic heterocycles. The van der Waals surface area contributed by atoms with Crippen molar-refractivity contribution in [2.75, 3.05) is 0 Å². The monoisotopic (exact) mass is 329 g/mol. The van der Waals surface area contributed by atoms with E-state index in [0.29, 0.717) is 5.69 Å². The molecule has 4 heteroatoms. The highest BCUT2D eigenvalue weighted by atomic mass is 127. The van der Waals surface area contributed by atoms with Gasteiger partial charge in [0, 0.05) is 16.8 Å². The number of halogens is 2. The lowest BCUT2D eigenvalue weighted by molar-refractivity contribution is 0.102. The van der Waals surface area contributed by atoms with Gasteiger partial charge in [0.2, 0.25) is 5.78 Å². The molecule has 0 saturated carbocycles. The molecule has 0 spiro atoms. The molecule has 0 aliphatic heterocycles. The van der Waals surface area contributed by atoms with E-state index in [1.165, 1.54) is 6.07 Å². The Hall–Kier alpha value is -1.17. The van der Waals surface area contributed by atoms with Gasteiger partial charge in [0.15, 0.2) is 0 Å². The molecule has 1 heterocycles. The van der Waals surface area contributed by atoms with E-state index in [4.69, 9.17) is 0 Å². The fraction of sp³-hybridized carbons (Fsp3) is 0.0833. The van der Waals surface area contributed by atoms with E-state index in [1.54, 1.807) is 42.1 Å². The lowest BCUT2D eigenvalue weighted by Crippen LogP contribution is -2.09. The Balaban J connectivity index is 2.49. The molecule has 1 aromatic carbocycles. The first-order valence-electron chi connectivity index (χ1n) is 4.70. The summed E-state index contributed by atoms with van der Waals surface area (Å²) in [7, 11) is 1.76. The number of benzene rings is 1. The lowest BCUT2D eigenvalue weighted by atomic mass is 10.1. The van der Waals surface area contributed by atoms with E-state index < -0.39 is 5.82 Å². The maximum atomic E-state index is 13.5. The van der Waals surface area contributed by atoms with Gasteiger partial charge in [-0.15, -0.1) is 0 Å². The summed E-state index contributed by atoms with van der Waals surface area (Å²) in [5.41, 5.74) is 0.606. The summed E-state index contributed by atoms with van der Waals surface area (Å²) in [6.45, 7) is 0. The van der Waals surface area contributed by atoms with Crippen LogP contribution in [0.25, 0.3) is 0 Å². The van der Waals surface area contributed by atoms with Crippen molar-refractivity contribution in [2.24, 2.45) is 7.05 Å². The molecule has 2 nitrogen and oxygen atoms in total. The van der Waals surface area contributed by atoms with Gasteiger partial charge in [-0.05, 0) is 52.9 Å². The van der Waals surface area contributed by atoms with Crippen molar-refractivity contribution in [3.05, 3.63) is 57.2 Å². The Kier molecular flexibility index (Phi) is 3.09. The molecular weight excluding hydrogens is 320 g/mol. The molecule has 0 bridgehead atoms. The van der Waals surface area contributed by atoms with Gasteiger partial charge < -0.3 is 4.57 Å². The van der Waals surface area contributed by atoms with Gasteiger partial charge in [-0.1, -0.05) is 0 Å². The van der Waals surface area contributed by atoms with Crippen LogP contribution in [0.2, 0.25) is 0 Å². The normalized spacial score (nSPS) is 10.4. The average Bonchev–Trinajstić information content (AvgIpc) is 2.67. The Labute approximate surface area is 106 Å². The van der Waals surface area contributed by atoms with Crippen LogP contribution in [0.3, 0.4) is 0 Å². The molecular formula is C12H9FINO. The zero-order valence-corrected chi connectivity index (χ0v) is 10.7. The number of hydrogen-bond acceptors (Lipinski definition) is 1. The summed E-state index contributed by atoms with van der Waals surface area (Å²) in [6.07, 6.45) is 1.76. The number of ketones is 1. The maximum absolute atomic E-state index is 13.5. The molecule has 0 saturated heterocycles. The molecule has 16 heavy (non-hydrogen) atoms. The topological polar surface area (TPSA) is 22.0 Å². The van der Waals surface area contributed by atoms with E-state index in [0.717, 1.165) is 3.57 Å². The van der Waals surface area contributed by atoms with Gasteiger partial charge in [0.1, 0.15) is 5.82 Å². The van der Waals surface area contributed by atoms with Gasteiger partial charge in [-0.3, -0.25) is 4.79 Å². The van der Waals surface area contributed by atoms with Crippen LogP contribution in [0.15, 0.2) is 36.5 Å². The smallest absolute Gasteiger partial charge is 0.212 e. The highest BCUT2D eigenvalue weighted by Gasteiger charge is 2.16. The summed E-state index contributed by atoms with van der Waals surface area (Å²) < 4.78 is 16.0. The van der Waals surface area contributed by atoms with E-state index in [9.17, 15) is 9.18 Å². The number of rotatable bonds is 2. The standard InChI is InChI=1S/C12H9FINO/c1-15-6-2-3-11(15)12(16)9-7-8(14)4-5-10(9)13/h2-7H,1H3. The third-order valence-corrected chi connectivity index (χ3v) is 3.02. The Bertz CT molecular complexity index is 548. The van der Waals surface area contributed by atoms with Crippen LogP contribution in [0.1, 0.15) is 16.1 Å². The Morgan fingerprint density at radius 1 is 1.38 bits per heavy atom. The molecule has 0 amide bonds. The first-order valence-corrected chi connectivity index (χ1v) is 5.78. The van der Waals surface area contributed by atoms with Crippen LogP contribution >= 0.6 is 22.6 Å². The highest BCUT2D eigenvalue weighted by molar-refractivity contribution is 14.1. The van der Waals surface area contributed by atoms with E-state index in [-0.39, 0.29) is 11.3 Å². The van der Waals surface area contributed by atoms with Crippen molar-refractivity contribution < 1.29 is 9.18 Å². The SMILES string of the molecule is Cn1cccc1C(=O)c1cc(I)ccc1F. The summed E-state index contributed by atoms with van der Waals surface area (Å²) in [6, 6.07) is 7.96. The van der Waals surface area contributed by atoms with Crippen LogP contribution < -0.4 is 0 Å². The van der Waals surface area contributed by atoms with Gasteiger partial charge in [-0.25, -0.2) is 4.39 Å². The Morgan fingerprint density at radius 2 is 2.12 bits per heavy atom. The minimum absolute atomic E-state index is 0.119. The van der Waals surface area contributed by atoms with Crippen molar-refractivity contribution in [2.45, 2.75) is 0 Å². The first kappa shape index (κ1) is 11.3. The van der Waals surface area contributed by atoms with Crippen LogP contribution in [0.5, 0.6) is 0 Å². The molecule has 0 atom stereocenters. The third kappa shape index (κ3) is 2.02. The minimum Gasteiger partial charge on any atom is -0.348 e. The summed E-state index contributed by atoms with van der Waals surface area (Å²) in [4.78, 5) is 12.0. The number of nitrogens with zero attached hydrogens (tertiary/aromatic N) is 1. The second-order valence-electron chi connectivity index (χ2n) is 3.46. The minimum atomic E-state index is -0.480. The van der Waals surface area contributed by atoms with E-state index in [1.807, 2.05) is 0 Å². The molecule has 0 aliphatic carbocycles. The molecule has 0 N–H and O–H groups in total. The molecule has 0 unspecified atom stereocenters. The largest absolute Gasteiger partial charge is 0.348 e. The van der Waals surface area contributed by atoms with Gasteiger partial charge in [0.25, 0.3) is 0 Å². The van der Waals surface area contributed by atoms with Crippen LogP contribution in [0, 0.1) is 9.39 Å². The average molecular weight is 329 g/mol. The quantitative estimate of drug-likeness (QED) is 0.613. The van der Waals surface area contributed by atoms with Crippen LogP contribution in [-0.2, 0) is 7.05 Å². The van der Waals surface area contributed by atoms with Gasteiger partial charge in [-0.2, -0.15) is 0 Å². The molecule has 82 valence electrons. The van der Waals surface area contributed by atoms with Crippen molar-refractivity contribution in [3.63, 3.8) is 0 Å². The van der Waals surface area contributed by atoms with Crippen LogP contribution in [-0.4, -0.2) is 10.4 Å². The number of aryl methyl sites for hydroxylation is 1. The molecule has 0 aliphatic rings. The number of aromatic nitrogens is 1. The second kappa shape index (κ2) is 4.37. The Morgan fingerprint density at radius 3 is 2.75 bits per heavy atom. The van der Waals surface area contributed by atoms with Crippen molar-refractivity contribution in [1.29, 1.82) is 0 Å². The fourth-order valence-corrected chi connectivity index (χ4v) is 2.00. The zero-order valence-electron chi connectivity index (χ0n) is 8.58. The second-order valence-corrected chi connectivity index (χ2v) is 4.70. The summed E-state index contributed by atoms with van der Waals surface area (Å²) >= 11 is 2.06. The molecule has 0 radical (unpaired) electrons. The van der Waals surface area contributed by atoms with Crippen molar-refractivity contribution in [1.82, 2.24) is 4.57 Å². The number of carbonyl (C=O) groups excluding carboxylic acids is 1. The molecule has 2 rings (SSSR count). The summed E-state index contributed by atoms with van der Waals surface area (Å²) in [5.74, 6) is -0.768. The highest BCUT2D eigenvalue weighted by Crippen LogP contribution is 2.16. The van der Waals surface area contributed by atoms with Gasteiger partial charge >= 0.3 is 0 Å². The predicted molar refractivity (Wildman–Crippen MR) is 68.0 cm³/mol. The third-order valence-electron chi connectivity index (χ3n) is 2.35. The zero-order chi connectivity index (χ0) is 11.7. The first-order chi connectivity index (χ1) is 7.59. The number of hydrogen-bond donors (Lipinski definition) is 0. The number of carbonyl (C=O) groups is 1. The van der Waals surface area contributed by atoms with Crippen molar-refractivity contribution in [3.8, 4) is 0 Å². The van der Waals surface area contributed by atoms with Crippen LogP contribution in [0.4, 0.5) is 4.39 Å². The maximum Gasteiger partial charge on any atom is 0.212 e. The summed E-state index contributed by atoms with van der Waals surface area (Å²) in [5, 5.41) is 0. The lowest BCUT2D eigenvalue weighted by Gasteiger charge is -2.04. The fourth-order valence-electron chi connectivity index (χ4n) is 1.51. The molecule has 2 aromatic rings. The van der Waals surface area contributed by atoms with Gasteiger partial charge in [0.05, 0.1) is 11.3 Å². The predicted octanol–water partition coefficient (Wildman–Crippen LogP) is 3.00. The van der Waals surface area contributed by atoms with Crippen molar-refractivity contribution >= 4 is 28.4 Å². The van der Waals surface area contributed by atoms with E-state index >= 15 is 0 Å². The van der Waals surface area contributed by atoms with E-state index in [2.05, 4.69) is 22.6 Å². The molecule has 0 fully saturated rings.